The van der Waals surface area contributed by atoms with Crippen molar-refractivity contribution in [2.24, 2.45) is 5.92 Å². The Morgan fingerprint density at radius 1 is 1.43 bits per heavy atom. The van der Waals surface area contributed by atoms with Gasteiger partial charge in [0.05, 0.1) is 10.7 Å². The zero-order chi connectivity index (χ0) is 15.4. The molecule has 0 radical (unpaired) electrons. The highest BCUT2D eigenvalue weighted by atomic mass is 35.5. The molecule has 1 saturated carbocycles. The Kier molecular flexibility index (Phi) is 5.29. The van der Waals surface area contributed by atoms with Gasteiger partial charge in [0, 0.05) is 19.2 Å². The molecule has 1 fully saturated rings. The summed E-state index contributed by atoms with van der Waals surface area (Å²) in [6.45, 7) is 2.29. The molecule has 0 aromatic heterocycles. The summed E-state index contributed by atoms with van der Waals surface area (Å²) in [5.41, 5.74) is 1.78. The van der Waals surface area contributed by atoms with E-state index in [0.29, 0.717) is 11.1 Å². The molecule has 3 nitrogen and oxygen atoms in total. The van der Waals surface area contributed by atoms with E-state index >= 15 is 0 Å². The first-order valence-electron chi connectivity index (χ1n) is 7.41. The monoisotopic (exact) mass is 307 g/mol. The Morgan fingerprint density at radius 3 is 2.86 bits per heavy atom. The number of carboxylic acid groups (broad SMARTS) is 1. The molecule has 21 heavy (non-hydrogen) atoms. The van der Waals surface area contributed by atoms with E-state index in [1.807, 2.05) is 18.2 Å². The van der Waals surface area contributed by atoms with Crippen LogP contribution in [0.2, 0.25) is 5.02 Å². The molecule has 2 unspecified atom stereocenters. The molecule has 1 N–H and O–H groups in total. The predicted molar refractivity (Wildman–Crippen MR) is 87.9 cm³/mol. The van der Waals surface area contributed by atoms with Crippen LogP contribution in [0.1, 0.15) is 38.2 Å². The molecule has 0 bridgehead atoms. The van der Waals surface area contributed by atoms with Crippen LogP contribution in [0.5, 0.6) is 0 Å². The lowest BCUT2D eigenvalue weighted by atomic mass is 9.86. The molecule has 114 valence electrons. The Labute approximate surface area is 131 Å². The quantitative estimate of drug-likeness (QED) is 0.835. The molecule has 1 aromatic carbocycles. The van der Waals surface area contributed by atoms with Gasteiger partial charge in [0.1, 0.15) is 0 Å². The number of aliphatic carboxylic acids is 1. The van der Waals surface area contributed by atoms with Gasteiger partial charge in [0.25, 0.3) is 0 Å². The third-order valence-corrected chi connectivity index (χ3v) is 4.54. The van der Waals surface area contributed by atoms with Crippen LogP contribution in [0.3, 0.4) is 0 Å². The van der Waals surface area contributed by atoms with Crippen molar-refractivity contribution in [3.8, 4) is 0 Å². The van der Waals surface area contributed by atoms with Crippen LogP contribution >= 0.6 is 11.6 Å². The van der Waals surface area contributed by atoms with Gasteiger partial charge in [-0.2, -0.15) is 0 Å². The molecule has 0 saturated heterocycles. The van der Waals surface area contributed by atoms with Crippen molar-refractivity contribution in [1.29, 1.82) is 0 Å². The first-order valence-corrected chi connectivity index (χ1v) is 7.79. The zero-order valence-corrected chi connectivity index (χ0v) is 13.3. The summed E-state index contributed by atoms with van der Waals surface area (Å²) in [6, 6.07) is 6.08. The molecule has 0 spiro atoms. The number of benzene rings is 1. The molecule has 0 aliphatic heterocycles. The molecule has 0 heterocycles. The van der Waals surface area contributed by atoms with Gasteiger partial charge in [-0.15, -0.1) is 0 Å². The van der Waals surface area contributed by atoms with Crippen molar-refractivity contribution in [1.82, 2.24) is 0 Å². The smallest absolute Gasteiger partial charge is 0.328 e. The molecule has 4 heteroatoms. The SMILES string of the molecule is CC1CCCC(N(C)c2c(Cl)cccc2/C=C/C(=O)O)C1. The fourth-order valence-corrected chi connectivity index (χ4v) is 3.45. The number of halogens is 1. The van der Waals surface area contributed by atoms with Crippen LogP contribution in [0.25, 0.3) is 6.08 Å². The summed E-state index contributed by atoms with van der Waals surface area (Å²) >= 11 is 6.37. The van der Waals surface area contributed by atoms with Crippen molar-refractivity contribution in [3.63, 3.8) is 0 Å². The number of nitrogens with zero attached hydrogens (tertiary/aromatic N) is 1. The van der Waals surface area contributed by atoms with E-state index in [2.05, 4.69) is 18.9 Å². The molecular weight excluding hydrogens is 286 g/mol. The van der Waals surface area contributed by atoms with Gasteiger partial charge < -0.3 is 10.0 Å². The zero-order valence-electron chi connectivity index (χ0n) is 12.6. The Hall–Kier alpha value is -1.48. The van der Waals surface area contributed by atoms with Gasteiger partial charge in [-0.3, -0.25) is 0 Å². The summed E-state index contributed by atoms with van der Waals surface area (Å²) in [7, 11) is 2.06. The molecule has 1 aromatic rings. The number of hydrogen-bond donors (Lipinski definition) is 1. The van der Waals surface area contributed by atoms with E-state index in [9.17, 15) is 4.79 Å². The van der Waals surface area contributed by atoms with Gasteiger partial charge in [-0.05, 0) is 36.5 Å². The van der Waals surface area contributed by atoms with Crippen LogP contribution in [0, 0.1) is 5.92 Å². The van der Waals surface area contributed by atoms with Crippen molar-refractivity contribution in [2.75, 3.05) is 11.9 Å². The van der Waals surface area contributed by atoms with Gasteiger partial charge in [-0.25, -0.2) is 4.79 Å². The first kappa shape index (κ1) is 15.9. The van der Waals surface area contributed by atoms with Crippen molar-refractivity contribution in [3.05, 3.63) is 34.9 Å². The predicted octanol–water partition coefficient (Wildman–Crippen LogP) is 4.45. The largest absolute Gasteiger partial charge is 0.478 e. The fourth-order valence-electron chi connectivity index (χ4n) is 3.14. The van der Waals surface area contributed by atoms with E-state index in [4.69, 9.17) is 16.7 Å². The Bertz CT molecular complexity index is 542. The fraction of sp³-hybridized carbons (Fsp3) is 0.471. The van der Waals surface area contributed by atoms with Crippen LogP contribution in [0.15, 0.2) is 24.3 Å². The summed E-state index contributed by atoms with van der Waals surface area (Å²) in [5, 5.41) is 9.49. The van der Waals surface area contributed by atoms with Gasteiger partial charge in [-0.1, -0.05) is 43.5 Å². The van der Waals surface area contributed by atoms with Crippen molar-refractivity contribution in [2.45, 2.75) is 38.6 Å². The molecular formula is C17H22ClNO2. The molecule has 1 aliphatic rings. The van der Waals surface area contributed by atoms with E-state index in [0.717, 1.165) is 36.1 Å². The number of carboxylic acids is 1. The Balaban J connectivity index is 2.30. The average Bonchev–Trinajstić information content (AvgIpc) is 2.44. The maximum Gasteiger partial charge on any atom is 0.328 e. The second-order valence-electron chi connectivity index (χ2n) is 5.89. The summed E-state index contributed by atoms with van der Waals surface area (Å²) in [5.74, 6) is -0.221. The number of rotatable bonds is 4. The first-order chi connectivity index (χ1) is 9.99. The maximum atomic E-state index is 10.7. The third kappa shape index (κ3) is 4.01. The number of anilines is 1. The van der Waals surface area contributed by atoms with Gasteiger partial charge in [0.2, 0.25) is 0 Å². The van der Waals surface area contributed by atoms with Crippen molar-refractivity contribution < 1.29 is 9.90 Å². The number of carbonyl (C=O) groups is 1. The highest BCUT2D eigenvalue weighted by Gasteiger charge is 2.24. The van der Waals surface area contributed by atoms with Crippen molar-refractivity contribution >= 4 is 29.3 Å². The maximum absolute atomic E-state index is 10.7. The molecule has 1 aliphatic carbocycles. The van der Waals surface area contributed by atoms with E-state index in [1.165, 1.54) is 12.8 Å². The Morgan fingerprint density at radius 2 is 2.19 bits per heavy atom. The van der Waals surface area contributed by atoms with Crippen LogP contribution in [0.4, 0.5) is 5.69 Å². The second kappa shape index (κ2) is 6.99. The van der Waals surface area contributed by atoms with Crippen LogP contribution in [-0.2, 0) is 4.79 Å². The van der Waals surface area contributed by atoms with E-state index in [1.54, 1.807) is 6.08 Å². The van der Waals surface area contributed by atoms with Crippen LogP contribution < -0.4 is 4.90 Å². The second-order valence-corrected chi connectivity index (χ2v) is 6.29. The molecule has 0 amide bonds. The summed E-state index contributed by atoms with van der Waals surface area (Å²) in [4.78, 5) is 13.0. The lowest BCUT2D eigenvalue weighted by Crippen LogP contribution is -2.36. The highest BCUT2D eigenvalue weighted by molar-refractivity contribution is 6.33. The minimum atomic E-state index is -0.949. The standard InChI is InChI=1S/C17H22ClNO2/c1-12-5-3-7-14(11-12)19(2)17-13(9-10-16(20)21)6-4-8-15(17)18/h4,6,8-10,12,14H,3,5,7,11H2,1-2H3,(H,20,21)/b10-9+. The molecule has 2 rings (SSSR count). The topological polar surface area (TPSA) is 40.5 Å². The van der Waals surface area contributed by atoms with Gasteiger partial charge >= 0.3 is 5.97 Å². The summed E-state index contributed by atoms with van der Waals surface area (Å²) < 4.78 is 0. The van der Waals surface area contributed by atoms with Crippen LogP contribution in [-0.4, -0.2) is 24.2 Å². The van der Waals surface area contributed by atoms with E-state index in [-0.39, 0.29) is 0 Å². The number of para-hydroxylation sites is 1. The molecule has 2 atom stereocenters. The van der Waals surface area contributed by atoms with Gasteiger partial charge in [0.15, 0.2) is 0 Å². The number of hydrogen-bond acceptors (Lipinski definition) is 2. The highest BCUT2D eigenvalue weighted by Crippen LogP contribution is 2.35. The minimum Gasteiger partial charge on any atom is -0.478 e. The lowest BCUT2D eigenvalue weighted by Gasteiger charge is -2.36. The normalized spacial score (nSPS) is 22.4. The lowest BCUT2D eigenvalue weighted by molar-refractivity contribution is -0.131. The van der Waals surface area contributed by atoms with E-state index < -0.39 is 5.97 Å². The average molecular weight is 308 g/mol. The minimum absolute atomic E-state index is 0.464. The summed E-state index contributed by atoms with van der Waals surface area (Å²) in [6.07, 6.45) is 7.62. The third-order valence-electron chi connectivity index (χ3n) is 4.23.